The van der Waals surface area contributed by atoms with E-state index in [9.17, 15) is 22.8 Å². The van der Waals surface area contributed by atoms with E-state index >= 15 is 0 Å². The van der Waals surface area contributed by atoms with Crippen LogP contribution in [0.4, 0.5) is 13.2 Å². The summed E-state index contributed by atoms with van der Waals surface area (Å²) in [6, 6.07) is 18.0. The topological polar surface area (TPSA) is 55.2 Å². The lowest BCUT2D eigenvalue weighted by molar-refractivity contribution is -0.137. The van der Waals surface area contributed by atoms with Crippen molar-refractivity contribution in [3.63, 3.8) is 0 Å². The van der Waals surface area contributed by atoms with Crippen molar-refractivity contribution in [2.45, 2.75) is 39.4 Å². The van der Waals surface area contributed by atoms with Crippen LogP contribution in [0, 0.1) is 6.92 Å². The lowest BCUT2D eigenvalue weighted by atomic mass is 10.1. The van der Waals surface area contributed by atoms with Crippen molar-refractivity contribution >= 4 is 16.8 Å². The molecule has 0 spiro atoms. The molecule has 1 amide bonds. The zero-order chi connectivity index (χ0) is 26.0. The van der Waals surface area contributed by atoms with Crippen molar-refractivity contribution in [1.82, 2.24) is 14.5 Å². The average Bonchev–Trinajstić information content (AvgIpc) is 2.86. The predicted molar refractivity (Wildman–Crippen MR) is 133 cm³/mol. The lowest BCUT2D eigenvalue weighted by Gasteiger charge is -2.30. The number of rotatable bonds is 6. The molecular weight excluding hydrogens is 467 g/mol. The Bertz CT molecular complexity index is 1480. The molecule has 0 aliphatic carbocycles. The molecule has 5 nitrogen and oxygen atoms in total. The number of aryl methyl sites for hydroxylation is 1. The molecule has 4 rings (SSSR count). The summed E-state index contributed by atoms with van der Waals surface area (Å²) in [7, 11) is 0. The molecule has 186 valence electrons. The van der Waals surface area contributed by atoms with Crippen LogP contribution in [0.5, 0.6) is 0 Å². The van der Waals surface area contributed by atoms with Gasteiger partial charge in [0.1, 0.15) is 5.82 Å². The molecular formula is C28H26F3N3O2. The van der Waals surface area contributed by atoms with Crippen molar-refractivity contribution < 1.29 is 18.0 Å². The average molecular weight is 494 g/mol. The van der Waals surface area contributed by atoms with E-state index < -0.39 is 23.7 Å². The van der Waals surface area contributed by atoms with Crippen molar-refractivity contribution in [2.24, 2.45) is 0 Å². The van der Waals surface area contributed by atoms with Gasteiger partial charge in [-0.15, -0.1) is 0 Å². The zero-order valence-corrected chi connectivity index (χ0v) is 20.2. The molecule has 0 N–H and O–H groups in total. The van der Waals surface area contributed by atoms with E-state index in [0.717, 1.165) is 17.7 Å². The maximum Gasteiger partial charge on any atom is 0.416 e. The molecule has 0 aliphatic heterocycles. The van der Waals surface area contributed by atoms with E-state index in [1.54, 1.807) is 37.3 Å². The number of benzene rings is 3. The Kier molecular flexibility index (Phi) is 6.97. The third-order valence-corrected chi connectivity index (χ3v) is 6.06. The molecule has 1 atom stereocenters. The highest BCUT2D eigenvalue weighted by molar-refractivity contribution is 5.94. The Hall–Kier alpha value is -3.94. The third-order valence-electron chi connectivity index (χ3n) is 6.06. The van der Waals surface area contributed by atoms with Crippen molar-refractivity contribution in [1.29, 1.82) is 0 Å². The van der Waals surface area contributed by atoms with E-state index in [2.05, 4.69) is 0 Å². The highest BCUT2D eigenvalue weighted by Gasteiger charge is 2.32. The Labute approximate surface area is 206 Å². The first-order valence-electron chi connectivity index (χ1n) is 11.7. The SMILES string of the molecule is CCCN(C(=O)c1cccc(C(F)(F)F)c1)C(C)c1nc2ccccc2c(=O)n1-c1cccc(C)c1. The number of aromatic nitrogens is 2. The molecule has 1 heterocycles. The molecule has 8 heteroatoms. The largest absolute Gasteiger partial charge is 0.416 e. The minimum absolute atomic E-state index is 0.0737. The number of fused-ring (bicyclic) bond motifs is 1. The molecule has 36 heavy (non-hydrogen) atoms. The summed E-state index contributed by atoms with van der Waals surface area (Å²) in [6.07, 6.45) is -4.00. The Morgan fingerprint density at radius 1 is 1.03 bits per heavy atom. The number of alkyl halides is 3. The maximum atomic E-state index is 13.6. The zero-order valence-electron chi connectivity index (χ0n) is 20.2. The first kappa shape index (κ1) is 25.2. The van der Waals surface area contributed by atoms with E-state index in [1.807, 2.05) is 32.0 Å². The summed E-state index contributed by atoms with van der Waals surface area (Å²) in [5.41, 5.74) is 0.778. The molecule has 0 saturated heterocycles. The fourth-order valence-electron chi connectivity index (χ4n) is 4.29. The van der Waals surface area contributed by atoms with Crippen LogP contribution < -0.4 is 5.56 Å². The second kappa shape index (κ2) is 9.97. The van der Waals surface area contributed by atoms with E-state index in [1.165, 1.54) is 21.6 Å². The molecule has 1 unspecified atom stereocenters. The predicted octanol–water partition coefficient (Wildman–Crippen LogP) is 6.33. The number of nitrogens with zero attached hydrogens (tertiary/aromatic N) is 3. The number of halogens is 3. The molecule has 0 radical (unpaired) electrons. The third kappa shape index (κ3) is 4.89. The normalized spacial score (nSPS) is 12.5. The second-order valence-electron chi connectivity index (χ2n) is 8.72. The molecule has 0 bridgehead atoms. The monoisotopic (exact) mass is 493 g/mol. The quantitative estimate of drug-likeness (QED) is 0.316. The van der Waals surface area contributed by atoms with Crippen LogP contribution in [0.2, 0.25) is 0 Å². The highest BCUT2D eigenvalue weighted by Crippen LogP contribution is 2.31. The lowest BCUT2D eigenvalue weighted by Crippen LogP contribution is -2.38. The van der Waals surface area contributed by atoms with E-state index in [0.29, 0.717) is 28.8 Å². The van der Waals surface area contributed by atoms with Crippen LogP contribution in [0.25, 0.3) is 16.6 Å². The fraction of sp³-hybridized carbons (Fsp3) is 0.250. The number of para-hydroxylation sites is 1. The van der Waals surface area contributed by atoms with Gasteiger partial charge in [-0.1, -0.05) is 37.3 Å². The van der Waals surface area contributed by atoms with Gasteiger partial charge in [0.05, 0.1) is 28.2 Å². The Balaban J connectivity index is 1.88. The van der Waals surface area contributed by atoms with Gasteiger partial charge in [-0.25, -0.2) is 4.98 Å². The summed E-state index contributed by atoms with van der Waals surface area (Å²) in [5, 5.41) is 0.432. The van der Waals surface area contributed by atoms with Gasteiger partial charge in [0, 0.05) is 12.1 Å². The second-order valence-corrected chi connectivity index (χ2v) is 8.72. The molecule has 0 saturated carbocycles. The van der Waals surface area contributed by atoms with Crippen LogP contribution in [-0.2, 0) is 6.18 Å². The standard InChI is InChI=1S/C28H26F3N3O2/c1-4-15-33(26(35)20-10-8-11-21(17-20)28(29,30)31)19(3)25-32-24-14-6-5-13-23(24)27(36)34(25)22-12-7-9-18(2)16-22/h5-14,16-17,19H,4,15H2,1-3H3. The highest BCUT2D eigenvalue weighted by atomic mass is 19.4. The number of carbonyl (C=O) groups is 1. The number of hydrogen-bond donors (Lipinski definition) is 0. The Morgan fingerprint density at radius 2 is 1.75 bits per heavy atom. The van der Waals surface area contributed by atoms with Gasteiger partial charge in [0.25, 0.3) is 11.5 Å². The first-order chi connectivity index (χ1) is 17.1. The van der Waals surface area contributed by atoms with Crippen LogP contribution in [0.1, 0.15) is 53.6 Å². The van der Waals surface area contributed by atoms with Crippen molar-refractivity contribution in [3.05, 3.63) is 106 Å². The van der Waals surface area contributed by atoms with Crippen LogP contribution in [-0.4, -0.2) is 26.9 Å². The smallest absolute Gasteiger partial charge is 0.329 e. The van der Waals surface area contributed by atoms with E-state index in [-0.39, 0.29) is 17.7 Å². The summed E-state index contributed by atoms with van der Waals surface area (Å²) in [4.78, 5) is 33.4. The van der Waals surface area contributed by atoms with Gasteiger partial charge in [0.15, 0.2) is 0 Å². The summed E-state index contributed by atoms with van der Waals surface area (Å²) in [5.74, 6) is -0.230. The van der Waals surface area contributed by atoms with Gasteiger partial charge >= 0.3 is 6.18 Å². The molecule has 4 aromatic rings. The molecule has 0 fully saturated rings. The maximum absolute atomic E-state index is 13.6. The van der Waals surface area contributed by atoms with Crippen LogP contribution >= 0.6 is 0 Å². The van der Waals surface area contributed by atoms with Crippen molar-refractivity contribution in [3.8, 4) is 5.69 Å². The van der Waals surface area contributed by atoms with Gasteiger partial charge in [-0.3, -0.25) is 14.2 Å². The van der Waals surface area contributed by atoms with Crippen LogP contribution in [0.3, 0.4) is 0 Å². The molecule has 3 aromatic carbocycles. The van der Waals surface area contributed by atoms with Crippen LogP contribution in [0.15, 0.2) is 77.6 Å². The number of amides is 1. The van der Waals surface area contributed by atoms with Gasteiger partial charge in [-0.2, -0.15) is 13.2 Å². The summed E-state index contributed by atoms with van der Waals surface area (Å²) < 4.78 is 41.4. The fourth-order valence-corrected chi connectivity index (χ4v) is 4.29. The molecule has 1 aromatic heterocycles. The number of hydrogen-bond acceptors (Lipinski definition) is 3. The van der Waals surface area contributed by atoms with Gasteiger partial charge in [-0.05, 0) is 68.3 Å². The number of carbonyl (C=O) groups excluding carboxylic acids is 1. The molecule has 0 aliphatic rings. The van der Waals surface area contributed by atoms with Gasteiger partial charge < -0.3 is 4.90 Å². The summed E-state index contributed by atoms with van der Waals surface area (Å²) in [6.45, 7) is 5.80. The minimum atomic E-state index is -4.57. The first-order valence-corrected chi connectivity index (χ1v) is 11.7. The summed E-state index contributed by atoms with van der Waals surface area (Å²) >= 11 is 0. The Morgan fingerprint density at radius 3 is 2.44 bits per heavy atom. The van der Waals surface area contributed by atoms with Crippen molar-refractivity contribution in [2.75, 3.05) is 6.54 Å². The van der Waals surface area contributed by atoms with Gasteiger partial charge in [0.2, 0.25) is 0 Å². The minimum Gasteiger partial charge on any atom is -0.329 e. The van der Waals surface area contributed by atoms with E-state index in [4.69, 9.17) is 4.98 Å².